The summed E-state index contributed by atoms with van der Waals surface area (Å²) in [6.07, 6.45) is -2.44. The number of hydrogen-bond acceptors (Lipinski definition) is 5. The number of carbonyl (C=O) groups is 1. The van der Waals surface area contributed by atoms with Gasteiger partial charge < -0.3 is 0 Å². The Kier molecular flexibility index (Phi) is 6.88. The van der Waals surface area contributed by atoms with E-state index in [1.807, 2.05) is 13.0 Å². The highest BCUT2D eigenvalue weighted by molar-refractivity contribution is 7.99. The molecule has 1 N–H and O–H groups in total. The van der Waals surface area contributed by atoms with Crippen LogP contribution in [0, 0.1) is 0 Å². The number of alkyl halides is 3. The number of thioether (sulfide) groups is 1. The molecule has 3 aromatic rings. The van der Waals surface area contributed by atoms with Crippen LogP contribution in [-0.2, 0) is 17.4 Å². The zero-order valence-electron chi connectivity index (χ0n) is 15.9. The molecule has 0 fully saturated rings. The Morgan fingerprint density at radius 2 is 1.97 bits per heavy atom. The van der Waals surface area contributed by atoms with Crippen LogP contribution in [0.25, 0.3) is 0 Å². The van der Waals surface area contributed by atoms with Gasteiger partial charge in [0.25, 0.3) is 5.91 Å². The average Bonchev–Trinajstić information content (AvgIpc) is 3.21. The van der Waals surface area contributed by atoms with E-state index in [1.165, 1.54) is 18.3 Å². The van der Waals surface area contributed by atoms with Crippen molar-refractivity contribution in [2.75, 3.05) is 10.8 Å². The highest BCUT2D eigenvalue weighted by Crippen LogP contribution is 2.32. The lowest BCUT2D eigenvalue weighted by molar-refractivity contribution is -0.137. The summed E-state index contributed by atoms with van der Waals surface area (Å²) in [7, 11) is 0. The van der Waals surface area contributed by atoms with Crippen LogP contribution in [0.4, 0.5) is 18.9 Å². The summed E-state index contributed by atoms with van der Waals surface area (Å²) in [6, 6.07) is 13.4. The second kappa shape index (κ2) is 9.57. The van der Waals surface area contributed by atoms with E-state index in [1.54, 1.807) is 24.3 Å². The molecule has 0 aliphatic carbocycles. The van der Waals surface area contributed by atoms with Crippen molar-refractivity contribution in [3.63, 3.8) is 0 Å². The minimum absolute atomic E-state index is 0.0202. The highest BCUT2D eigenvalue weighted by atomic mass is 32.2. The molecule has 0 spiro atoms. The summed E-state index contributed by atoms with van der Waals surface area (Å²) in [5.74, 6) is 0.0831. The zero-order chi connectivity index (χ0) is 21.6. The molecule has 1 aromatic heterocycles. The summed E-state index contributed by atoms with van der Waals surface area (Å²) in [6.45, 7) is 1.91. The van der Waals surface area contributed by atoms with E-state index in [0.29, 0.717) is 23.0 Å². The quantitative estimate of drug-likeness (QED) is 0.337. The van der Waals surface area contributed by atoms with Crippen molar-refractivity contribution in [3.8, 4) is 0 Å². The molecular formula is C20H18F3N5OS. The molecule has 2 aromatic carbocycles. The van der Waals surface area contributed by atoms with Gasteiger partial charge in [0.15, 0.2) is 0 Å². The maximum atomic E-state index is 13.1. The molecule has 0 aliphatic heterocycles. The van der Waals surface area contributed by atoms with Gasteiger partial charge in [0, 0.05) is 6.42 Å². The molecule has 0 atom stereocenters. The third-order valence-corrected chi connectivity index (χ3v) is 4.78. The summed E-state index contributed by atoms with van der Waals surface area (Å²) < 4.78 is 39.4. The Morgan fingerprint density at radius 3 is 2.63 bits per heavy atom. The predicted octanol–water partition coefficient (Wildman–Crippen LogP) is 4.55. The van der Waals surface area contributed by atoms with Crippen LogP contribution >= 0.6 is 11.8 Å². The van der Waals surface area contributed by atoms with Gasteiger partial charge in [0.1, 0.15) is 5.82 Å². The predicted molar refractivity (Wildman–Crippen MR) is 109 cm³/mol. The van der Waals surface area contributed by atoms with Gasteiger partial charge >= 0.3 is 6.18 Å². The van der Waals surface area contributed by atoms with Gasteiger partial charge in [-0.2, -0.15) is 18.3 Å². The van der Waals surface area contributed by atoms with Crippen molar-refractivity contribution in [1.82, 2.24) is 15.2 Å². The Labute approximate surface area is 175 Å². The lowest BCUT2D eigenvalue weighted by Gasteiger charge is -2.18. The fourth-order valence-corrected chi connectivity index (χ4v) is 3.10. The summed E-state index contributed by atoms with van der Waals surface area (Å²) in [5, 5.41) is 12.2. The van der Waals surface area contributed by atoms with Gasteiger partial charge in [0.05, 0.1) is 23.2 Å². The Morgan fingerprint density at radius 1 is 1.20 bits per heavy atom. The monoisotopic (exact) mass is 433 g/mol. The first-order chi connectivity index (χ1) is 14.4. The maximum Gasteiger partial charge on any atom is 0.416 e. The third-order valence-electron chi connectivity index (χ3n) is 3.95. The first-order valence-electron chi connectivity index (χ1n) is 9.00. The fraction of sp³-hybridized carbons (Fsp3) is 0.200. The minimum atomic E-state index is -4.53. The molecule has 6 nitrogen and oxygen atoms in total. The lowest BCUT2D eigenvalue weighted by Crippen LogP contribution is -2.28. The SMILES string of the molecule is CCc1nc(SCC(=O)N(/N=C/c2ccccc2)c2cccc(C(F)(F)F)c2)n[nH]1. The van der Waals surface area contributed by atoms with Crippen molar-refractivity contribution in [1.29, 1.82) is 0 Å². The average molecular weight is 433 g/mol. The third kappa shape index (κ3) is 5.69. The molecule has 0 unspecified atom stereocenters. The zero-order valence-corrected chi connectivity index (χ0v) is 16.7. The number of aromatic amines is 1. The van der Waals surface area contributed by atoms with Crippen molar-refractivity contribution in [3.05, 3.63) is 71.5 Å². The number of aromatic nitrogens is 3. The van der Waals surface area contributed by atoms with Crippen LogP contribution in [-0.4, -0.2) is 33.1 Å². The van der Waals surface area contributed by atoms with Gasteiger partial charge in [-0.1, -0.05) is 55.1 Å². The van der Waals surface area contributed by atoms with Crippen LogP contribution in [0.3, 0.4) is 0 Å². The van der Waals surface area contributed by atoms with E-state index >= 15 is 0 Å². The van der Waals surface area contributed by atoms with Crippen LogP contribution < -0.4 is 5.01 Å². The molecule has 30 heavy (non-hydrogen) atoms. The summed E-state index contributed by atoms with van der Waals surface area (Å²) in [5.41, 5.74) is -0.134. The highest BCUT2D eigenvalue weighted by Gasteiger charge is 2.31. The van der Waals surface area contributed by atoms with Gasteiger partial charge in [-0.05, 0) is 23.8 Å². The second-order valence-electron chi connectivity index (χ2n) is 6.12. The van der Waals surface area contributed by atoms with Crippen LogP contribution in [0.1, 0.15) is 23.9 Å². The Hall–Kier alpha value is -3.14. The largest absolute Gasteiger partial charge is 0.416 e. The standard InChI is InChI=1S/C20H18F3N5OS/c1-2-17-25-19(27-26-17)30-13-18(29)28(24-12-14-7-4-3-5-8-14)16-10-6-9-15(11-16)20(21,22)23/h3-12H,2,13H2,1H3,(H,25,26,27)/b24-12+. The minimum Gasteiger partial charge on any atom is -0.272 e. The fourth-order valence-electron chi connectivity index (χ4n) is 2.44. The van der Waals surface area contributed by atoms with E-state index < -0.39 is 17.6 Å². The van der Waals surface area contributed by atoms with Crippen LogP contribution in [0.2, 0.25) is 0 Å². The van der Waals surface area contributed by atoms with Crippen molar-refractivity contribution < 1.29 is 18.0 Å². The number of hydrazone groups is 1. The summed E-state index contributed by atoms with van der Waals surface area (Å²) >= 11 is 1.08. The van der Waals surface area contributed by atoms with E-state index in [-0.39, 0.29) is 11.4 Å². The number of H-pyrrole nitrogens is 1. The van der Waals surface area contributed by atoms with E-state index in [0.717, 1.165) is 28.9 Å². The molecule has 10 heteroatoms. The number of hydrogen-bond donors (Lipinski definition) is 1. The van der Waals surface area contributed by atoms with Crippen LogP contribution in [0.5, 0.6) is 0 Å². The van der Waals surface area contributed by atoms with Crippen molar-refractivity contribution >= 4 is 29.6 Å². The molecule has 0 saturated carbocycles. The number of carbonyl (C=O) groups excluding carboxylic acids is 1. The Bertz CT molecular complexity index is 1020. The number of anilines is 1. The molecule has 0 aliphatic rings. The van der Waals surface area contributed by atoms with Crippen LogP contribution in [0.15, 0.2) is 64.9 Å². The van der Waals surface area contributed by atoms with E-state index in [2.05, 4.69) is 20.3 Å². The van der Waals surface area contributed by atoms with Gasteiger partial charge in [-0.3, -0.25) is 9.89 Å². The normalized spacial score (nSPS) is 11.7. The number of aryl methyl sites for hydroxylation is 1. The first kappa shape index (κ1) is 21.6. The number of nitrogens with zero attached hydrogens (tertiary/aromatic N) is 4. The van der Waals surface area contributed by atoms with Crippen molar-refractivity contribution in [2.45, 2.75) is 24.7 Å². The molecule has 0 bridgehead atoms. The topological polar surface area (TPSA) is 74.2 Å². The maximum absolute atomic E-state index is 13.1. The molecule has 1 heterocycles. The molecule has 3 rings (SSSR count). The van der Waals surface area contributed by atoms with Gasteiger partial charge in [-0.25, -0.2) is 9.99 Å². The number of benzene rings is 2. The molecular weight excluding hydrogens is 415 g/mol. The second-order valence-corrected chi connectivity index (χ2v) is 7.06. The molecule has 156 valence electrons. The molecule has 0 radical (unpaired) electrons. The first-order valence-corrected chi connectivity index (χ1v) is 9.98. The van der Waals surface area contributed by atoms with E-state index in [4.69, 9.17) is 0 Å². The number of amides is 1. The number of rotatable bonds is 7. The van der Waals surface area contributed by atoms with E-state index in [9.17, 15) is 18.0 Å². The van der Waals surface area contributed by atoms with Crippen molar-refractivity contribution in [2.24, 2.45) is 5.10 Å². The molecule has 0 saturated heterocycles. The number of nitrogens with one attached hydrogen (secondary N) is 1. The lowest BCUT2D eigenvalue weighted by atomic mass is 10.2. The Balaban J connectivity index is 1.85. The smallest absolute Gasteiger partial charge is 0.272 e. The number of halogens is 3. The molecule has 1 amide bonds. The summed E-state index contributed by atoms with van der Waals surface area (Å²) in [4.78, 5) is 17.0. The van der Waals surface area contributed by atoms with Gasteiger partial charge in [-0.15, -0.1) is 5.10 Å². The van der Waals surface area contributed by atoms with Gasteiger partial charge in [0.2, 0.25) is 5.16 Å².